The molecular weight excluding hydrogens is 695 g/mol. The van der Waals surface area contributed by atoms with E-state index >= 15 is 0 Å². The zero-order valence-corrected chi connectivity index (χ0v) is 32.9. The number of nitrogens with zero attached hydrogens (tertiary/aromatic N) is 1. The largest absolute Gasteiger partial charge is 0.310 e. The van der Waals surface area contributed by atoms with Crippen molar-refractivity contribution in [2.75, 3.05) is 4.90 Å². The highest BCUT2D eigenvalue weighted by Crippen LogP contribution is 2.52. The summed E-state index contributed by atoms with van der Waals surface area (Å²) in [6, 6.07) is 65.7. The van der Waals surface area contributed by atoms with E-state index in [9.17, 15) is 0 Å². The summed E-state index contributed by atoms with van der Waals surface area (Å²) in [5, 5.41) is 2.67. The molecule has 0 unspecified atom stereocenters. The number of hydrogen-bond donors (Lipinski definition) is 0. The minimum atomic E-state index is -0.0932. The molecule has 0 N–H and O–H groups in total. The van der Waals surface area contributed by atoms with Gasteiger partial charge in [0.25, 0.3) is 0 Å². The first-order chi connectivity index (χ1) is 27.3. The summed E-state index contributed by atoms with van der Waals surface area (Å²) in [6.45, 7) is 9.41. The quantitative estimate of drug-likeness (QED) is 0.170. The maximum atomic E-state index is 2.43. The molecule has 1 aromatic heterocycles. The third-order valence-electron chi connectivity index (χ3n) is 12.7. The second-order valence-corrected chi connectivity index (χ2v) is 17.6. The molecule has 11 rings (SSSR count). The normalized spacial score (nSPS) is 14.4. The molecule has 1 heterocycles. The van der Waals surface area contributed by atoms with Gasteiger partial charge in [-0.25, -0.2) is 0 Å². The first kappa shape index (κ1) is 33.1. The van der Waals surface area contributed by atoms with Gasteiger partial charge in [-0.15, -0.1) is 11.3 Å². The van der Waals surface area contributed by atoms with E-state index in [0.29, 0.717) is 0 Å². The molecule has 0 amide bonds. The van der Waals surface area contributed by atoms with Crippen LogP contribution in [0.5, 0.6) is 0 Å². The molecule has 0 spiro atoms. The highest BCUT2D eigenvalue weighted by molar-refractivity contribution is 7.25. The van der Waals surface area contributed by atoms with Crippen molar-refractivity contribution in [1.82, 2.24) is 0 Å². The van der Waals surface area contributed by atoms with E-state index < -0.39 is 0 Å². The topological polar surface area (TPSA) is 3.24 Å². The minimum Gasteiger partial charge on any atom is -0.310 e. The fourth-order valence-electron chi connectivity index (χ4n) is 9.79. The van der Waals surface area contributed by atoms with E-state index in [2.05, 4.69) is 209 Å². The van der Waals surface area contributed by atoms with Crippen LogP contribution in [0.15, 0.2) is 176 Å². The van der Waals surface area contributed by atoms with Crippen LogP contribution < -0.4 is 4.90 Å². The Hall–Kier alpha value is -6.22. The smallest absolute Gasteiger partial charge is 0.0465 e. The fraction of sp³-hybridized carbons (Fsp3) is 0.111. The zero-order chi connectivity index (χ0) is 37.8. The molecule has 9 aromatic rings. The third-order valence-corrected chi connectivity index (χ3v) is 13.8. The average molecular weight is 736 g/mol. The van der Waals surface area contributed by atoms with Gasteiger partial charge in [-0.2, -0.15) is 0 Å². The van der Waals surface area contributed by atoms with Crippen LogP contribution in [0, 0.1) is 0 Å². The number of hydrogen-bond acceptors (Lipinski definition) is 2. The van der Waals surface area contributed by atoms with Gasteiger partial charge in [0.05, 0.1) is 0 Å². The van der Waals surface area contributed by atoms with Gasteiger partial charge < -0.3 is 4.90 Å². The fourth-order valence-corrected chi connectivity index (χ4v) is 10.9. The Bertz CT molecular complexity index is 3010. The summed E-state index contributed by atoms with van der Waals surface area (Å²) < 4.78 is 2.66. The molecule has 0 atom stereocenters. The highest BCUT2D eigenvalue weighted by Gasteiger charge is 2.36. The lowest BCUT2D eigenvalue weighted by Gasteiger charge is -2.28. The lowest BCUT2D eigenvalue weighted by Crippen LogP contribution is -2.16. The van der Waals surface area contributed by atoms with Gasteiger partial charge in [0.2, 0.25) is 0 Å². The Morgan fingerprint density at radius 2 is 0.875 bits per heavy atom. The van der Waals surface area contributed by atoms with Gasteiger partial charge in [0.15, 0.2) is 0 Å². The number of rotatable bonds is 5. The molecule has 2 heteroatoms. The number of benzene rings is 8. The van der Waals surface area contributed by atoms with Crippen LogP contribution in [0.1, 0.15) is 49.9 Å². The van der Waals surface area contributed by atoms with Gasteiger partial charge in [-0.3, -0.25) is 0 Å². The maximum Gasteiger partial charge on any atom is 0.0465 e. The molecule has 0 radical (unpaired) electrons. The Kier molecular flexibility index (Phi) is 7.18. The Balaban J connectivity index is 1.02. The van der Waals surface area contributed by atoms with Gasteiger partial charge in [0.1, 0.15) is 0 Å². The molecule has 56 heavy (non-hydrogen) atoms. The van der Waals surface area contributed by atoms with Crippen LogP contribution in [0.2, 0.25) is 0 Å². The van der Waals surface area contributed by atoms with E-state index in [1.807, 2.05) is 11.3 Å². The van der Waals surface area contributed by atoms with E-state index in [1.165, 1.54) is 86.9 Å². The van der Waals surface area contributed by atoms with Crippen molar-refractivity contribution in [3.8, 4) is 44.5 Å². The Morgan fingerprint density at radius 1 is 0.357 bits per heavy atom. The Morgan fingerprint density at radius 3 is 1.61 bits per heavy atom. The molecule has 8 aromatic carbocycles. The van der Waals surface area contributed by atoms with Gasteiger partial charge in [-0.1, -0.05) is 149 Å². The van der Waals surface area contributed by atoms with E-state index in [4.69, 9.17) is 0 Å². The van der Waals surface area contributed by atoms with Crippen molar-refractivity contribution >= 4 is 48.6 Å². The summed E-state index contributed by atoms with van der Waals surface area (Å²) in [6.07, 6.45) is 0. The second-order valence-electron chi connectivity index (χ2n) is 16.5. The summed E-state index contributed by atoms with van der Waals surface area (Å²) in [4.78, 5) is 2.43. The van der Waals surface area contributed by atoms with Gasteiger partial charge in [0, 0.05) is 48.1 Å². The lowest BCUT2D eigenvalue weighted by atomic mass is 9.82. The standard InChI is InChI=1S/C54H41NS/c1-53(2)47-17-9-6-13-42(47)45-32-36(24-31-48(45)53)34-20-25-37(26-21-34)55(39-29-30-43-41-12-5-8-16-46(41)54(3,4)49(43)33-39)38-27-22-35(23-28-38)40-15-11-19-51-52(40)44-14-7-10-18-50(44)56-51/h5-33H,1-4H3. The van der Waals surface area contributed by atoms with Crippen molar-refractivity contribution in [3.05, 3.63) is 198 Å². The van der Waals surface area contributed by atoms with Crippen LogP contribution in [-0.4, -0.2) is 0 Å². The number of anilines is 3. The molecule has 1 nitrogen and oxygen atoms in total. The van der Waals surface area contributed by atoms with Crippen LogP contribution >= 0.6 is 11.3 Å². The van der Waals surface area contributed by atoms with Crippen LogP contribution in [-0.2, 0) is 10.8 Å². The molecular formula is C54H41NS. The maximum absolute atomic E-state index is 2.43. The first-order valence-electron chi connectivity index (χ1n) is 19.7. The number of thiophene rings is 1. The van der Waals surface area contributed by atoms with Crippen molar-refractivity contribution in [2.45, 2.75) is 38.5 Å². The molecule has 2 aliphatic rings. The summed E-state index contributed by atoms with van der Waals surface area (Å²) in [5.74, 6) is 0. The van der Waals surface area contributed by atoms with Crippen LogP contribution in [0.4, 0.5) is 17.1 Å². The summed E-state index contributed by atoms with van der Waals surface area (Å²) in [5.41, 5.74) is 19.2. The van der Waals surface area contributed by atoms with Crippen LogP contribution in [0.3, 0.4) is 0 Å². The molecule has 0 bridgehead atoms. The lowest BCUT2D eigenvalue weighted by molar-refractivity contribution is 0.660. The van der Waals surface area contributed by atoms with E-state index in [-0.39, 0.29) is 10.8 Å². The van der Waals surface area contributed by atoms with Gasteiger partial charge in [-0.05, 0) is 121 Å². The van der Waals surface area contributed by atoms with Crippen molar-refractivity contribution in [3.63, 3.8) is 0 Å². The first-order valence-corrected chi connectivity index (χ1v) is 20.5. The predicted molar refractivity (Wildman–Crippen MR) is 240 cm³/mol. The van der Waals surface area contributed by atoms with Crippen molar-refractivity contribution in [1.29, 1.82) is 0 Å². The van der Waals surface area contributed by atoms with Crippen molar-refractivity contribution in [2.24, 2.45) is 0 Å². The number of fused-ring (bicyclic) bond motifs is 9. The second kappa shape index (κ2) is 12.1. The molecule has 0 aliphatic heterocycles. The summed E-state index contributed by atoms with van der Waals surface area (Å²) >= 11 is 1.87. The molecule has 0 saturated heterocycles. The molecule has 0 saturated carbocycles. The molecule has 2 aliphatic carbocycles. The van der Waals surface area contributed by atoms with Crippen molar-refractivity contribution < 1.29 is 0 Å². The van der Waals surface area contributed by atoms with E-state index in [0.717, 1.165) is 17.1 Å². The average Bonchev–Trinajstić information content (AvgIpc) is 3.81. The third kappa shape index (κ3) is 4.85. The highest BCUT2D eigenvalue weighted by atomic mass is 32.1. The van der Waals surface area contributed by atoms with Crippen LogP contribution in [0.25, 0.3) is 64.7 Å². The monoisotopic (exact) mass is 735 g/mol. The molecule has 268 valence electrons. The van der Waals surface area contributed by atoms with Gasteiger partial charge >= 0.3 is 0 Å². The predicted octanol–water partition coefficient (Wildman–Crippen LogP) is 15.5. The SMILES string of the molecule is CC1(C)c2ccccc2-c2cc(-c3ccc(N(c4ccc(-c5cccc6sc7ccccc7c56)cc4)c4ccc5c(c4)C(C)(C)c4ccccc4-5)cc3)ccc21. The Labute approximate surface area is 333 Å². The molecule has 0 fully saturated rings. The zero-order valence-electron chi connectivity index (χ0n) is 32.1. The summed E-state index contributed by atoms with van der Waals surface area (Å²) in [7, 11) is 0. The van der Waals surface area contributed by atoms with E-state index in [1.54, 1.807) is 0 Å². The minimum absolute atomic E-state index is 0.000168.